The van der Waals surface area contributed by atoms with Gasteiger partial charge in [-0.25, -0.2) is 0 Å². The quantitative estimate of drug-likeness (QED) is 0.0995. The highest BCUT2D eigenvalue weighted by Crippen LogP contribution is 2.42. The highest BCUT2D eigenvalue weighted by atomic mass is 15.1. The van der Waals surface area contributed by atoms with Crippen LogP contribution in [0.3, 0.4) is 0 Å². The number of aromatic nitrogens is 2. The summed E-state index contributed by atoms with van der Waals surface area (Å²) in [5.41, 5.74) is 18.3. The first-order valence-corrected chi connectivity index (χ1v) is 18.3. The van der Waals surface area contributed by atoms with Crippen LogP contribution in [0.2, 0.25) is 0 Å². The second-order valence-corrected chi connectivity index (χ2v) is 12.8. The lowest BCUT2D eigenvalue weighted by atomic mass is 9.99. The molecule has 0 aliphatic heterocycles. The Hall–Kier alpha value is -6.77. The fourth-order valence-electron chi connectivity index (χ4n) is 7.41. The fourth-order valence-corrected chi connectivity index (χ4v) is 7.41. The molecule has 2 aliphatic carbocycles. The Bertz CT molecular complexity index is 2680. The van der Waals surface area contributed by atoms with Crippen molar-refractivity contribution in [3.63, 3.8) is 0 Å². The largest absolute Gasteiger partial charge is 0.373 e. The van der Waals surface area contributed by atoms with Crippen LogP contribution in [0.1, 0.15) is 37.8 Å². The van der Waals surface area contributed by atoms with E-state index in [1.54, 1.807) is 7.05 Å². The summed E-state index contributed by atoms with van der Waals surface area (Å²) in [6.07, 6.45) is 17.1. The molecule has 2 N–H and O–H groups in total. The van der Waals surface area contributed by atoms with Gasteiger partial charge in [0.2, 0.25) is 0 Å². The molecule has 0 bridgehead atoms. The maximum Gasteiger partial charge on any atom is 0.125 e. The van der Waals surface area contributed by atoms with E-state index in [2.05, 4.69) is 164 Å². The molecule has 0 saturated carbocycles. The van der Waals surface area contributed by atoms with Crippen molar-refractivity contribution >= 4 is 66.9 Å². The van der Waals surface area contributed by atoms with Crippen LogP contribution >= 0.6 is 0 Å². The normalized spacial score (nSPS) is 13.2. The van der Waals surface area contributed by atoms with Gasteiger partial charge in [-0.3, -0.25) is 5.41 Å². The smallest absolute Gasteiger partial charge is 0.125 e. The molecule has 53 heavy (non-hydrogen) atoms. The first-order valence-electron chi connectivity index (χ1n) is 18.3. The van der Waals surface area contributed by atoms with E-state index in [4.69, 9.17) is 5.41 Å². The van der Waals surface area contributed by atoms with Crippen molar-refractivity contribution in [3.05, 3.63) is 181 Å². The van der Waals surface area contributed by atoms with Crippen molar-refractivity contribution < 1.29 is 0 Å². The lowest BCUT2D eigenvalue weighted by Crippen LogP contribution is -2.18. The molecule has 258 valence electrons. The second-order valence-electron chi connectivity index (χ2n) is 12.8. The van der Waals surface area contributed by atoms with Crippen molar-refractivity contribution in [2.45, 2.75) is 26.7 Å². The molecular weight excluding hydrogens is 647 g/mol. The number of rotatable bonds is 7. The molecule has 5 heteroatoms. The van der Waals surface area contributed by atoms with E-state index < -0.39 is 0 Å². The van der Waals surface area contributed by atoms with Crippen LogP contribution in [0.4, 0.5) is 17.1 Å². The van der Waals surface area contributed by atoms with Gasteiger partial charge in [0, 0.05) is 63.8 Å². The first-order chi connectivity index (χ1) is 26.2. The van der Waals surface area contributed by atoms with Gasteiger partial charge >= 0.3 is 0 Å². The molecule has 0 fully saturated rings. The van der Waals surface area contributed by atoms with Crippen molar-refractivity contribution in [1.29, 1.82) is 5.41 Å². The Morgan fingerprint density at radius 1 is 0.736 bits per heavy atom. The van der Waals surface area contributed by atoms with Crippen LogP contribution in [0.5, 0.6) is 0 Å². The molecule has 5 aromatic carbocycles. The number of fused-ring (bicyclic) bond motifs is 5. The number of hydrogen-bond acceptors (Lipinski definition) is 2. The fraction of sp³-hybridized carbons (Fsp3) is 0.104. The number of nitrogens with zero attached hydrogens (tertiary/aromatic N) is 3. The molecule has 0 radical (unpaired) electrons. The number of benzene rings is 5. The number of amidine groups is 1. The zero-order valence-corrected chi connectivity index (χ0v) is 30.3. The summed E-state index contributed by atoms with van der Waals surface area (Å²) in [6.45, 7) is 4.00. The van der Waals surface area contributed by atoms with E-state index >= 15 is 0 Å². The topological polar surface area (TPSA) is 49.0 Å². The third-order valence-electron chi connectivity index (χ3n) is 9.89. The minimum Gasteiger partial charge on any atom is -0.373 e. The van der Waals surface area contributed by atoms with Gasteiger partial charge in [-0.1, -0.05) is 79.9 Å². The average molecular weight is 688 g/mol. The monoisotopic (exact) mass is 687 g/mol. The van der Waals surface area contributed by atoms with Crippen molar-refractivity contribution in [3.8, 4) is 5.69 Å². The maximum absolute atomic E-state index is 8.31. The lowest BCUT2D eigenvalue weighted by molar-refractivity contribution is 1.04. The highest BCUT2D eigenvalue weighted by molar-refractivity contribution is 6.19. The second kappa shape index (κ2) is 14.5. The molecule has 0 atom stereocenters. The third kappa shape index (κ3) is 6.05. The average Bonchev–Trinajstić information content (AvgIpc) is 3.82. The lowest BCUT2D eigenvalue weighted by Gasteiger charge is -2.26. The zero-order valence-electron chi connectivity index (χ0n) is 30.3. The summed E-state index contributed by atoms with van der Waals surface area (Å²) in [4.78, 5) is 2.31. The van der Waals surface area contributed by atoms with Gasteiger partial charge in [-0.2, -0.15) is 0 Å². The Morgan fingerprint density at radius 3 is 2.17 bits per heavy atom. The van der Waals surface area contributed by atoms with Gasteiger partial charge in [0.25, 0.3) is 0 Å². The molecule has 0 saturated heterocycles. The van der Waals surface area contributed by atoms with Crippen LogP contribution in [0.15, 0.2) is 169 Å². The summed E-state index contributed by atoms with van der Waals surface area (Å²) in [5.74, 6) is 0.394. The van der Waals surface area contributed by atoms with E-state index in [1.807, 2.05) is 38.1 Å². The highest BCUT2D eigenvalue weighted by Gasteiger charge is 2.20. The predicted octanol–water partition coefficient (Wildman–Crippen LogP) is 12.2. The van der Waals surface area contributed by atoms with Crippen LogP contribution in [0.25, 0.3) is 49.7 Å². The van der Waals surface area contributed by atoms with Gasteiger partial charge in [0.1, 0.15) is 5.84 Å². The van der Waals surface area contributed by atoms with Crippen LogP contribution in [-0.4, -0.2) is 22.0 Å². The molecule has 0 amide bonds. The summed E-state index contributed by atoms with van der Waals surface area (Å²) < 4.78 is 4.62. The summed E-state index contributed by atoms with van der Waals surface area (Å²) >= 11 is 0. The zero-order chi connectivity index (χ0) is 36.3. The Balaban J connectivity index is 0.00000197. The molecule has 7 aromatic rings. The molecular formula is C48H41N5. The predicted molar refractivity (Wildman–Crippen MR) is 225 cm³/mol. The summed E-state index contributed by atoms with van der Waals surface area (Å²) in [7, 11) is 1.78. The van der Waals surface area contributed by atoms with E-state index in [0.717, 1.165) is 57.9 Å². The number of nitrogens with one attached hydrogen (secondary N) is 2. The van der Waals surface area contributed by atoms with Gasteiger partial charge in [0.05, 0.1) is 22.2 Å². The standard InChI is InChI=1S/C46H35N5.C2H6/c1-48-46(47)34-19-23-38(24-20-34)50(37-21-17-33(18-22-37)32-11-5-2-6-12-32)39-25-27-44-42(31-39)40-26-28-43-41(29-30-49(43)35-13-7-3-8-14-35)45(40)51(44)36-15-9-4-10-16-36;1-2/h4-5,7,9-31H,2,6H2,1H3,(H2,47,48);1-2H3. The van der Waals surface area contributed by atoms with E-state index in [9.17, 15) is 0 Å². The van der Waals surface area contributed by atoms with Gasteiger partial charge < -0.3 is 19.4 Å². The minimum atomic E-state index is 0.394. The first kappa shape index (κ1) is 33.4. The molecule has 0 spiro atoms. The van der Waals surface area contributed by atoms with Crippen LogP contribution in [-0.2, 0) is 0 Å². The van der Waals surface area contributed by atoms with E-state index in [1.165, 1.54) is 32.8 Å². The number of hydrogen-bond donors (Lipinski definition) is 2. The summed E-state index contributed by atoms with van der Waals surface area (Å²) in [6, 6.07) is 41.3. The third-order valence-corrected chi connectivity index (χ3v) is 9.89. The Morgan fingerprint density at radius 2 is 1.47 bits per heavy atom. The molecule has 0 unspecified atom stereocenters. The van der Waals surface area contributed by atoms with Crippen molar-refractivity contribution in [2.75, 3.05) is 11.9 Å². The molecule has 2 aromatic heterocycles. The Kier molecular flexibility index (Phi) is 9.11. The number of para-hydroxylation sites is 1. The molecule has 2 heterocycles. The SMILES string of the molecule is CC.CNC(=N)c1ccc(N(c2ccc(C3=CCCC=C3)cc2)c2ccc3c(c2)c2ccc4c(ccn4C4=CC=C=C=C4)c2n3-c2ccccc2)cc1. The minimum absolute atomic E-state index is 0.394. The molecule has 9 rings (SSSR count). The van der Waals surface area contributed by atoms with E-state index in [-0.39, 0.29) is 0 Å². The van der Waals surface area contributed by atoms with Gasteiger partial charge in [-0.15, -0.1) is 0 Å². The maximum atomic E-state index is 8.31. The van der Waals surface area contributed by atoms with Gasteiger partial charge in [0.15, 0.2) is 0 Å². The number of allylic oxidation sites excluding steroid dienone is 8. The Labute approximate surface area is 310 Å². The van der Waals surface area contributed by atoms with Crippen molar-refractivity contribution in [1.82, 2.24) is 14.5 Å². The van der Waals surface area contributed by atoms with E-state index in [0.29, 0.717) is 5.84 Å². The van der Waals surface area contributed by atoms with Crippen molar-refractivity contribution in [2.24, 2.45) is 0 Å². The summed E-state index contributed by atoms with van der Waals surface area (Å²) in [5, 5.41) is 14.8. The molecule has 2 aliphatic rings. The number of anilines is 3. The molecule has 5 nitrogen and oxygen atoms in total. The van der Waals surface area contributed by atoms with Crippen LogP contribution in [0, 0.1) is 5.41 Å². The van der Waals surface area contributed by atoms with Crippen LogP contribution < -0.4 is 10.2 Å². The van der Waals surface area contributed by atoms with Gasteiger partial charge in [-0.05, 0) is 115 Å².